The van der Waals surface area contributed by atoms with Gasteiger partial charge >= 0.3 is 6.18 Å². The average molecular weight is 304 g/mol. The van der Waals surface area contributed by atoms with Crippen molar-refractivity contribution in [3.63, 3.8) is 0 Å². The van der Waals surface area contributed by atoms with Gasteiger partial charge in [-0.2, -0.15) is 13.2 Å². The average Bonchev–Trinajstić information content (AvgIpc) is 2.01. The summed E-state index contributed by atoms with van der Waals surface area (Å²) >= 11 is 2.92. The maximum atomic E-state index is 12.3. The third-order valence-electron chi connectivity index (χ3n) is 1.54. The number of hydrogen-bond acceptors (Lipinski definition) is 1. The minimum atomic E-state index is -4.42. The number of hydrogen-bond donors (Lipinski definition) is 2. The van der Waals surface area contributed by atoms with E-state index in [9.17, 15) is 13.2 Å². The Bertz CT molecular complexity index is 379. The van der Waals surface area contributed by atoms with Crippen molar-refractivity contribution in [1.82, 2.24) is 0 Å². The molecule has 0 bridgehead atoms. The van der Waals surface area contributed by atoms with Gasteiger partial charge in [0.1, 0.15) is 5.84 Å². The third-order valence-corrected chi connectivity index (χ3v) is 1.99. The molecule has 0 heterocycles. The maximum absolute atomic E-state index is 12.3. The van der Waals surface area contributed by atoms with E-state index >= 15 is 0 Å². The Labute approximate surface area is 98.7 Å². The number of amidine groups is 1. The standard InChI is InChI=1S/C8H6BrF3N2.ClH/c9-6-2-4(7(13)14)1-5(3-6)8(10,11)12;/h1-3H,(H3,13,14);1H. The van der Waals surface area contributed by atoms with Crippen molar-refractivity contribution in [3.8, 4) is 0 Å². The second-order valence-corrected chi connectivity index (χ2v) is 3.56. The number of halogens is 5. The molecule has 0 aromatic heterocycles. The molecular formula is C8H7BrClF3N2. The molecule has 0 aliphatic heterocycles. The van der Waals surface area contributed by atoms with E-state index in [1.807, 2.05) is 0 Å². The first kappa shape index (κ1) is 14.2. The van der Waals surface area contributed by atoms with Gasteiger partial charge in [-0.05, 0) is 18.2 Å². The zero-order valence-corrected chi connectivity index (χ0v) is 9.63. The molecule has 1 rings (SSSR count). The number of rotatable bonds is 1. The number of nitrogens with one attached hydrogen (secondary N) is 1. The predicted octanol–water partition coefficient (Wildman–Crippen LogP) is 3.17. The summed E-state index contributed by atoms with van der Waals surface area (Å²) in [6.07, 6.45) is -4.42. The van der Waals surface area contributed by atoms with Crippen molar-refractivity contribution in [1.29, 1.82) is 5.41 Å². The fourth-order valence-corrected chi connectivity index (χ4v) is 1.40. The monoisotopic (exact) mass is 302 g/mol. The van der Waals surface area contributed by atoms with Crippen LogP contribution in [0.5, 0.6) is 0 Å². The Morgan fingerprint density at radius 2 is 1.80 bits per heavy atom. The molecule has 0 saturated heterocycles. The molecule has 0 aliphatic carbocycles. The topological polar surface area (TPSA) is 49.9 Å². The molecule has 84 valence electrons. The van der Waals surface area contributed by atoms with Crippen LogP contribution in [0, 0.1) is 5.41 Å². The second kappa shape index (κ2) is 4.85. The first-order valence-corrected chi connectivity index (χ1v) is 4.32. The molecule has 0 saturated carbocycles. The van der Waals surface area contributed by atoms with Gasteiger partial charge in [0.2, 0.25) is 0 Å². The fraction of sp³-hybridized carbons (Fsp3) is 0.125. The zero-order valence-electron chi connectivity index (χ0n) is 7.23. The Kier molecular flexibility index (Phi) is 4.61. The third kappa shape index (κ3) is 3.71. The van der Waals surface area contributed by atoms with Gasteiger partial charge in [-0.15, -0.1) is 12.4 Å². The van der Waals surface area contributed by atoms with E-state index in [2.05, 4.69) is 15.9 Å². The molecular weight excluding hydrogens is 296 g/mol. The lowest BCUT2D eigenvalue weighted by Crippen LogP contribution is -2.13. The van der Waals surface area contributed by atoms with E-state index in [-0.39, 0.29) is 22.4 Å². The summed E-state index contributed by atoms with van der Waals surface area (Å²) in [5.41, 5.74) is 4.32. The molecule has 0 spiro atoms. The van der Waals surface area contributed by atoms with Crippen molar-refractivity contribution < 1.29 is 13.2 Å². The summed E-state index contributed by atoms with van der Waals surface area (Å²) < 4.78 is 37.1. The van der Waals surface area contributed by atoms with Crippen LogP contribution in [0.2, 0.25) is 0 Å². The highest BCUT2D eigenvalue weighted by Crippen LogP contribution is 2.31. The van der Waals surface area contributed by atoms with Crippen LogP contribution in [-0.2, 0) is 6.18 Å². The molecule has 0 unspecified atom stereocenters. The molecule has 15 heavy (non-hydrogen) atoms. The molecule has 0 radical (unpaired) electrons. The van der Waals surface area contributed by atoms with E-state index in [4.69, 9.17) is 11.1 Å². The van der Waals surface area contributed by atoms with Crippen LogP contribution in [0.4, 0.5) is 13.2 Å². The molecule has 1 aromatic carbocycles. The Balaban J connectivity index is 0.00000196. The van der Waals surface area contributed by atoms with Crippen LogP contribution in [0.15, 0.2) is 22.7 Å². The summed E-state index contributed by atoms with van der Waals surface area (Å²) in [6.45, 7) is 0. The van der Waals surface area contributed by atoms with Gasteiger partial charge in [0.05, 0.1) is 5.56 Å². The first-order valence-electron chi connectivity index (χ1n) is 3.53. The first-order chi connectivity index (χ1) is 6.30. The molecule has 1 aromatic rings. The SMILES string of the molecule is Cl.N=C(N)c1cc(Br)cc(C(F)(F)F)c1. The van der Waals surface area contributed by atoms with Crippen LogP contribution in [-0.4, -0.2) is 5.84 Å². The Hall–Kier alpha value is -0.750. The Morgan fingerprint density at radius 1 is 1.27 bits per heavy atom. The van der Waals surface area contributed by atoms with Crippen molar-refractivity contribution >= 4 is 34.2 Å². The summed E-state index contributed by atoms with van der Waals surface area (Å²) in [5, 5.41) is 7.02. The molecule has 0 fully saturated rings. The van der Waals surface area contributed by atoms with Crippen molar-refractivity contribution in [2.75, 3.05) is 0 Å². The summed E-state index contributed by atoms with van der Waals surface area (Å²) in [6, 6.07) is 3.14. The largest absolute Gasteiger partial charge is 0.416 e. The smallest absolute Gasteiger partial charge is 0.384 e. The normalized spacial score (nSPS) is 10.7. The lowest BCUT2D eigenvalue weighted by molar-refractivity contribution is -0.137. The van der Waals surface area contributed by atoms with Crippen LogP contribution in [0.3, 0.4) is 0 Å². The Morgan fingerprint density at radius 3 is 2.20 bits per heavy atom. The molecule has 0 amide bonds. The quantitative estimate of drug-likeness (QED) is 0.607. The lowest BCUT2D eigenvalue weighted by Gasteiger charge is -2.08. The van der Waals surface area contributed by atoms with Gasteiger partial charge in [-0.3, -0.25) is 5.41 Å². The van der Waals surface area contributed by atoms with Crippen LogP contribution >= 0.6 is 28.3 Å². The van der Waals surface area contributed by atoms with Crippen LogP contribution in [0.1, 0.15) is 11.1 Å². The van der Waals surface area contributed by atoms with Crippen molar-refractivity contribution in [2.45, 2.75) is 6.18 Å². The van der Waals surface area contributed by atoms with E-state index in [1.54, 1.807) is 0 Å². The fourth-order valence-electron chi connectivity index (χ4n) is 0.909. The number of nitrogen functional groups attached to an aromatic ring is 1. The highest BCUT2D eigenvalue weighted by molar-refractivity contribution is 9.10. The minimum absolute atomic E-state index is 0. The van der Waals surface area contributed by atoms with Crippen LogP contribution in [0.25, 0.3) is 0 Å². The number of benzene rings is 1. The van der Waals surface area contributed by atoms with Gasteiger partial charge in [0, 0.05) is 10.0 Å². The lowest BCUT2D eigenvalue weighted by atomic mass is 10.1. The van der Waals surface area contributed by atoms with Gasteiger partial charge in [-0.1, -0.05) is 15.9 Å². The van der Waals surface area contributed by atoms with Gasteiger partial charge < -0.3 is 5.73 Å². The van der Waals surface area contributed by atoms with Crippen molar-refractivity contribution in [2.24, 2.45) is 5.73 Å². The van der Waals surface area contributed by atoms with Gasteiger partial charge in [0.15, 0.2) is 0 Å². The highest BCUT2D eigenvalue weighted by atomic mass is 79.9. The summed E-state index contributed by atoms with van der Waals surface area (Å²) in [5.74, 6) is -0.392. The predicted molar refractivity (Wildman–Crippen MR) is 57.4 cm³/mol. The zero-order chi connectivity index (χ0) is 10.9. The maximum Gasteiger partial charge on any atom is 0.416 e. The second-order valence-electron chi connectivity index (χ2n) is 2.64. The molecule has 2 nitrogen and oxygen atoms in total. The summed E-state index contributed by atoms with van der Waals surface area (Å²) in [7, 11) is 0. The number of nitrogens with two attached hydrogens (primary N) is 1. The molecule has 0 atom stereocenters. The molecule has 3 N–H and O–H groups in total. The van der Waals surface area contributed by atoms with Crippen LogP contribution < -0.4 is 5.73 Å². The van der Waals surface area contributed by atoms with Gasteiger partial charge in [0.25, 0.3) is 0 Å². The molecule has 0 aliphatic rings. The minimum Gasteiger partial charge on any atom is -0.384 e. The highest BCUT2D eigenvalue weighted by Gasteiger charge is 2.31. The van der Waals surface area contributed by atoms with E-state index in [0.29, 0.717) is 0 Å². The van der Waals surface area contributed by atoms with Crippen molar-refractivity contribution in [3.05, 3.63) is 33.8 Å². The van der Waals surface area contributed by atoms with Gasteiger partial charge in [-0.25, -0.2) is 0 Å². The molecule has 7 heteroatoms. The number of alkyl halides is 3. The summed E-state index contributed by atoms with van der Waals surface area (Å²) in [4.78, 5) is 0. The van der Waals surface area contributed by atoms with E-state index in [0.717, 1.165) is 12.1 Å². The van der Waals surface area contributed by atoms with E-state index < -0.39 is 17.6 Å². The van der Waals surface area contributed by atoms with E-state index in [1.165, 1.54) is 6.07 Å².